The van der Waals surface area contributed by atoms with E-state index in [-0.39, 0.29) is 11.3 Å². The van der Waals surface area contributed by atoms with Gasteiger partial charge in [-0.2, -0.15) is 5.10 Å². The van der Waals surface area contributed by atoms with Crippen LogP contribution in [0.25, 0.3) is 5.69 Å². The van der Waals surface area contributed by atoms with Gasteiger partial charge in [-0.3, -0.25) is 4.79 Å². The molecular formula is C23H27N3O. The van der Waals surface area contributed by atoms with E-state index < -0.39 is 0 Å². The van der Waals surface area contributed by atoms with Crippen molar-refractivity contribution in [2.45, 2.75) is 46.5 Å². The Hall–Kier alpha value is -2.88. The van der Waals surface area contributed by atoms with Crippen LogP contribution in [0.5, 0.6) is 0 Å². The van der Waals surface area contributed by atoms with Gasteiger partial charge in [0.2, 0.25) is 0 Å². The quantitative estimate of drug-likeness (QED) is 0.686. The Labute approximate surface area is 161 Å². The van der Waals surface area contributed by atoms with Crippen molar-refractivity contribution in [1.82, 2.24) is 9.78 Å². The number of amides is 1. The summed E-state index contributed by atoms with van der Waals surface area (Å²) >= 11 is 0. The zero-order valence-electron chi connectivity index (χ0n) is 16.7. The molecular weight excluding hydrogens is 334 g/mol. The van der Waals surface area contributed by atoms with Crippen molar-refractivity contribution in [1.29, 1.82) is 0 Å². The summed E-state index contributed by atoms with van der Waals surface area (Å²) in [6.07, 6.45) is 0.955. The molecule has 0 bridgehead atoms. The second-order valence-electron chi connectivity index (χ2n) is 7.92. The number of nitrogens with one attached hydrogen (secondary N) is 1. The minimum Gasteiger partial charge on any atom is -0.306 e. The van der Waals surface area contributed by atoms with Crippen LogP contribution in [0.15, 0.2) is 54.6 Å². The van der Waals surface area contributed by atoms with Crippen molar-refractivity contribution in [2.75, 3.05) is 5.32 Å². The van der Waals surface area contributed by atoms with Crippen molar-refractivity contribution in [3.05, 3.63) is 77.0 Å². The van der Waals surface area contributed by atoms with Gasteiger partial charge < -0.3 is 5.32 Å². The summed E-state index contributed by atoms with van der Waals surface area (Å²) in [5, 5.41) is 7.79. The molecule has 0 spiro atoms. The monoisotopic (exact) mass is 361 g/mol. The Morgan fingerprint density at radius 2 is 1.67 bits per heavy atom. The Morgan fingerprint density at radius 1 is 1.04 bits per heavy atom. The standard InChI is InChI=1S/C23H27N3O/c1-6-17-9-11-18(12-10-17)22(27)24-21-15-20(23(3,4)5)25-26(21)19-13-7-16(2)8-14-19/h7-15H,6H2,1-5H3,(H,24,27). The summed E-state index contributed by atoms with van der Waals surface area (Å²) in [4.78, 5) is 12.8. The molecule has 0 unspecified atom stereocenters. The van der Waals surface area contributed by atoms with E-state index in [0.717, 1.165) is 17.8 Å². The second-order valence-corrected chi connectivity index (χ2v) is 7.92. The van der Waals surface area contributed by atoms with Gasteiger partial charge in [0, 0.05) is 17.0 Å². The van der Waals surface area contributed by atoms with Crippen LogP contribution >= 0.6 is 0 Å². The van der Waals surface area contributed by atoms with Crippen LogP contribution in [0, 0.1) is 6.92 Å². The van der Waals surface area contributed by atoms with Gasteiger partial charge in [-0.25, -0.2) is 4.68 Å². The summed E-state index contributed by atoms with van der Waals surface area (Å²) in [6, 6.07) is 17.8. The highest BCUT2D eigenvalue weighted by atomic mass is 16.1. The molecule has 1 N–H and O–H groups in total. The SMILES string of the molecule is CCc1ccc(C(=O)Nc2cc(C(C)(C)C)nn2-c2ccc(C)cc2)cc1. The molecule has 0 radical (unpaired) electrons. The van der Waals surface area contributed by atoms with Gasteiger partial charge in [0.05, 0.1) is 11.4 Å². The van der Waals surface area contributed by atoms with Crippen LogP contribution in [-0.4, -0.2) is 15.7 Å². The Bertz CT molecular complexity index is 929. The molecule has 0 saturated carbocycles. The van der Waals surface area contributed by atoms with Crippen molar-refractivity contribution < 1.29 is 4.79 Å². The third-order valence-corrected chi connectivity index (χ3v) is 4.62. The van der Waals surface area contributed by atoms with Gasteiger partial charge in [0.25, 0.3) is 5.91 Å². The van der Waals surface area contributed by atoms with Crippen molar-refractivity contribution in [3.63, 3.8) is 0 Å². The predicted molar refractivity (Wildman–Crippen MR) is 111 cm³/mol. The molecule has 0 aliphatic heterocycles. The van der Waals surface area contributed by atoms with E-state index in [1.165, 1.54) is 11.1 Å². The van der Waals surface area contributed by atoms with E-state index in [1.54, 1.807) is 4.68 Å². The van der Waals surface area contributed by atoms with E-state index in [0.29, 0.717) is 11.4 Å². The maximum atomic E-state index is 12.8. The molecule has 3 rings (SSSR count). The number of carbonyl (C=O) groups is 1. The molecule has 140 valence electrons. The average Bonchev–Trinajstić information content (AvgIpc) is 3.06. The normalized spacial score (nSPS) is 11.4. The topological polar surface area (TPSA) is 46.9 Å². The Morgan fingerprint density at radius 3 is 2.22 bits per heavy atom. The molecule has 0 saturated heterocycles. The molecule has 27 heavy (non-hydrogen) atoms. The first-order chi connectivity index (χ1) is 12.8. The number of aromatic nitrogens is 2. The third-order valence-electron chi connectivity index (χ3n) is 4.62. The first-order valence-corrected chi connectivity index (χ1v) is 9.36. The minimum atomic E-state index is -0.133. The molecule has 1 amide bonds. The fourth-order valence-electron chi connectivity index (χ4n) is 2.80. The summed E-state index contributed by atoms with van der Waals surface area (Å²) < 4.78 is 1.80. The fourth-order valence-corrected chi connectivity index (χ4v) is 2.80. The summed E-state index contributed by atoms with van der Waals surface area (Å²) in [6.45, 7) is 10.5. The lowest BCUT2D eigenvalue weighted by Gasteiger charge is -2.14. The average molecular weight is 361 g/mol. The molecule has 2 aromatic carbocycles. The summed E-state index contributed by atoms with van der Waals surface area (Å²) in [7, 11) is 0. The van der Waals surface area contributed by atoms with Gasteiger partial charge in [0.15, 0.2) is 0 Å². The minimum absolute atomic E-state index is 0.113. The van der Waals surface area contributed by atoms with Crippen LogP contribution in [-0.2, 0) is 11.8 Å². The van der Waals surface area contributed by atoms with Crippen LogP contribution < -0.4 is 5.32 Å². The first kappa shape index (κ1) is 18.9. The molecule has 4 nitrogen and oxygen atoms in total. The van der Waals surface area contributed by atoms with Gasteiger partial charge in [-0.05, 0) is 43.2 Å². The van der Waals surface area contributed by atoms with Crippen LogP contribution in [0.4, 0.5) is 5.82 Å². The lowest BCUT2D eigenvalue weighted by atomic mass is 9.92. The summed E-state index contributed by atoms with van der Waals surface area (Å²) in [5.41, 5.74) is 4.78. The highest BCUT2D eigenvalue weighted by Crippen LogP contribution is 2.26. The lowest BCUT2D eigenvalue weighted by molar-refractivity contribution is 0.102. The number of hydrogen-bond acceptors (Lipinski definition) is 2. The first-order valence-electron chi connectivity index (χ1n) is 9.36. The molecule has 4 heteroatoms. The van der Waals surface area contributed by atoms with E-state index >= 15 is 0 Å². The number of aryl methyl sites for hydroxylation is 2. The zero-order chi connectivity index (χ0) is 19.6. The molecule has 0 atom stereocenters. The molecule has 1 heterocycles. The van der Waals surface area contributed by atoms with Crippen molar-refractivity contribution in [2.24, 2.45) is 0 Å². The maximum Gasteiger partial charge on any atom is 0.256 e. The van der Waals surface area contributed by atoms with Gasteiger partial charge in [0.1, 0.15) is 5.82 Å². The smallest absolute Gasteiger partial charge is 0.256 e. The number of anilines is 1. The zero-order valence-corrected chi connectivity index (χ0v) is 16.7. The fraction of sp³-hybridized carbons (Fsp3) is 0.304. The highest BCUT2D eigenvalue weighted by molar-refractivity contribution is 6.04. The Balaban J connectivity index is 1.96. The van der Waals surface area contributed by atoms with E-state index in [2.05, 4.69) is 39.9 Å². The van der Waals surface area contributed by atoms with E-state index in [1.807, 2.05) is 54.6 Å². The number of hydrogen-bond donors (Lipinski definition) is 1. The second kappa shape index (κ2) is 7.39. The predicted octanol–water partition coefficient (Wildman–Crippen LogP) is 5.29. The summed E-state index contributed by atoms with van der Waals surface area (Å²) in [5.74, 6) is 0.541. The highest BCUT2D eigenvalue weighted by Gasteiger charge is 2.21. The molecule has 1 aromatic heterocycles. The van der Waals surface area contributed by atoms with Crippen LogP contribution in [0.3, 0.4) is 0 Å². The number of rotatable bonds is 4. The van der Waals surface area contributed by atoms with Gasteiger partial charge in [-0.1, -0.05) is 57.5 Å². The van der Waals surface area contributed by atoms with E-state index in [9.17, 15) is 4.79 Å². The van der Waals surface area contributed by atoms with Crippen LogP contribution in [0.1, 0.15) is 54.9 Å². The number of nitrogens with zero attached hydrogens (tertiary/aromatic N) is 2. The largest absolute Gasteiger partial charge is 0.306 e. The van der Waals surface area contributed by atoms with Crippen molar-refractivity contribution >= 4 is 11.7 Å². The molecule has 0 aliphatic rings. The number of carbonyl (C=O) groups excluding carboxylic acids is 1. The number of benzene rings is 2. The van der Waals surface area contributed by atoms with Gasteiger partial charge in [-0.15, -0.1) is 0 Å². The lowest BCUT2D eigenvalue weighted by Crippen LogP contribution is -2.15. The molecule has 0 fully saturated rings. The van der Waals surface area contributed by atoms with E-state index in [4.69, 9.17) is 5.10 Å². The van der Waals surface area contributed by atoms with Crippen molar-refractivity contribution in [3.8, 4) is 5.69 Å². The maximum absolute atomic E-state index is 12.8. The Kier molecular flexibility index (Phi) is 5.17. The third kappa shape index (κ3) is 4.27. The molecule has 3 aromatic rings. The van der Waals surface area contributed by atoms with Gasteiger partial charge >= 0.3 is 0 Å². The molecule has 0 aliphatic carbocycles. The van der Waals surface area contributed by atoms with Crippen LogP contribution in [0.2, 0.25) is 0 Å².